The highest BCUT2D eigenvalue weighted by molar-refractivity contribution is 6.33. The van der Waals surface area contributed by atoms with Gasteiger partial charge in [0.25, 0.3) is 0 Å². The summed E-state index contributed by atoms with van der Waals surface area (Å²) >= 11 is 6.63. The Labute approximate surface area is 173 Å². The second-order valence-electron chi connectivity index (χ2n) is 6.78. The first-order valence-electron chi connectivity index (χ1n) is 9.31. The number of rotatable bonds is 2. The number of halogens is 1. The van der Waals surface area contributed by atoms with E-state index in [9.17, 15) is 14.7 Å². The largest absolute Gasteiger partial charge is 0.511 e. The number of benzene rings is 2. The van der Waals surface area contributed by atoms with Crippen molar-refractivity contribution in [2.24, 2.45) is 0 Å². The number of urea groups is 1. The van der Waals surface area contributed by atoms with Crippen LogP contribution in [0.3, 0.4) is 0 Å². The molecule has 2 N–H and O–H groups in total. The zero-order chi connectivity index (χ0) is 20.4. The first-order chi connectivity index (χ1) is 14.1. The van der Waals surface area contributed by atoms with E-state index in [1.54, 1.807) is 17.0 Å². The number of hydrogen-bond donors (Lipinski definition) is 2. The van der Waals surface area contributed by atoms with Gasteiger partial charge in [-0.2, -0.15) is 0 Å². The molecule has 2 aliphatic heterocycles. The Bertz CT molecular complexity index is 957. The fourth-order valence-electron chi connectivity index (χ4n) is 3.77. The standard InChI is InChI=1S/C21H20ClN3O4/c22-19-18(29-21(27)28)16-9-5-4-8-15(16)17(14-6-2-1-3-7-14)25(19)20(26)24-12-10-23-11-13-24/h1-9,17,23H,10-13H2,(H,27,28). The van der Waals surface area contributed by atoms with E-state index in [4.69, 9.17) is 16.3 Å². The van der Waals surface area contributed by atoms with Crippen molar-refractivity contribution in [3.05, 3.63) is 76.4 Å². The molecule has 2 aromatic carbocycles. The SMILES string of the molecule is O=C(O)OC1=C(Cl)N(C(=O)N2CCNCC2)C(c2ccccc2)c2ccccc21. The monoisotopic (exact) mass is 413 g/mol. The van der Waals surface area contributed by atoms with Gasteiger partial charge in [0.15, 0.2) is 10.9 Å². The third-order valence-corrected chi connectivity index (χ3v) is 5.41. The maximum atomic E-state index is 13.5. The second-order valence-corrected chi connectivity index (χ2v) is 7.14. The van der Waals surface area contributed by atoms with Crippen LogP contribution in [0.15, 0.2) is 59.8 Å². The number of amides is 2. The lowest BCUT2D eigenvalue weighted by molar-refractivity contribution is 0.129. The number of carbonyl (C=O) groups is 2. The molecule has 0 aromatic heterocycles. The number of hydrogen-bond acceptors (Lipinski definition) is 4. The molecule has 29 heavy (non-hydrogen) atoms. The molecule has 150 valence electrons. The maximum absolute atomic E-state index is 13.5. The van der Waals surface area contributed by atoms with Crippen LogP contribution >= 0.6 is 11.6 Å². The molecule has 1 atom stereocenters. The van der Waals surface area contributed by atoms with Gasteiger partial charge in [-0.15, -0.1) is 0 Å². The smallest absolute Gasteiger partial charge is 0.449 e. The Morgan fingerprint density at radius 2 is 1.69 bits per heavy atom. The van der Waals surface area contributed by atoms with Crippen molar-refractivity contribution in [1.29, 1.82) is 0 Å². The Morgan fingerprint density at radius 1 is 1.03 bits per heavy atom. The van der Waals surface area contributed by atoms with Crippen molar-refractivity contribution in [1.82, 2.24) is 15.1 Å². The van der Waals surface area contributed by atoms with Crippen LogP contribution in [0.4, 0.5) is 9.59 Å². The van der Waals surface area contributed by atoms with Crippen LogP contribution in [0, 0.1) is 0 Å². The molecule has 7 nitrogen and oxygen atoms in total. The van der Waals surface area contributed by atoms with E-state index in [2.05, 4.69) is 5.32 Å². The molecule has 2 aliphatic rings. The maximum Gasteiger partial charge on any atom is 0.511 e. The van der Waals surface area contributed by atoms with Gasteiger partial charge in [-0.25, -0.2) is 9.59 Å². The van der Waals surface area contributed by atoms with Crippen molar-refractivity contribution < 1.29 is 19.4 Å². The van der Waals surface area contributed by atoms with Crippen LogP contribution in [0.25, 0.3) is 5.76 Å². The summed E-state index contributed by atoms with van der Waals surface area (Å²) in [7, 11) is 0. The van der Waals surface area contributed by atoms with Gasteiger partial charge in [0, 0.05) is 31.7 Å². The van der Waals surface area contributed by atoms with Gasteiger partial charge in [-0.05, 0) is 11.1 Å². The fraction of sp³-hybridized carbons (Fsp3) is 0.238. The molecule has 0 bridgehead atoms. The van der Waals surface area contributed by atoms with Crippen molar-refractivity contribution in [2.45, 2.75) is 6.04 Å². The van der Waals surface area contributed by atoms with E-state index >= 15 is 0 Å². The quantitative estimate of drug-likeness (QED) is 0.579. The molecule has 0 saturated carbocycles. The van der Waals surface area contributed by atoms with E-state index in [0.717, 1.165) is 11.1 Å². The van der Waals surface area contributed by atoms with Crippen molar-refractivity contribution in [2.75, 3.05) is 26.2 Å². The van der Waals surface area contributed by atoms with Gasteiger partial charge in [0.2, 0.25) is 0 Å². The lowest BCUT2D eigenvalue weighted by atomic mass is 9.90. The molecule has 0 radical (unpaired) electrons. The lowest BCUT2D eigenvalue weighted by Crippen LogP contribution is -2.52. The molecule has 2 amide bonds. The first kappa shape index (κ1) is 19.3. The number of nitrogens with one attached hydrogen (secondary N) is 1. The number of carbonyl (C=O) groups excluding carboxylic acids is 1. The van der Waals surface area contributed by atoms with Gasteiger partial charge in [-0.1, -0.05) is 66.2 Å². The number of fused-ring (bicyclic) bond motifs is 1. The summed E-state index contributed by atoms with van der Waals surface area (Å²) in [5.41, 5.74) is 2.18. The molecule has 0 aliphatic carbocycles. The van der Waals surface area contributed by atoms with Crippen molar-refractivity contribution in [3.8, 4) is 0 Å². The van der Waals surface area contributed by atoms with E-state index in [1.807, 2.05) is 42.5 Å². The molecule has 1 saturated heterocycles. The average molecular weight is 414 g/mol. The molecule has 4 rings (SSSR count). The Kier molecular flexibility index (Phi) is 5.42. The molecule has 1 unspecified atom stereocenters. The highest BCUT2D eigenvalue weighted by atomic mass is 35.5. The van der Waals surface area contributed by atoms with Gasteiger partial charge in [0.1, 0.15) is 0 Å². The zero-order valence-electron chi connectivity index (χ0n) is 15.5. The molecule has 2 heterocycles. The molecular formula is C21H20ClN3O4. The summed E-state index contributed by atoms with van der Waals surface area (Å²) in [6, 6.07) is 16.0. The predicted molar refractivity (Wildman–Crippen MR) is 108 cm³/mol. The molecule has 2 aromatic rings. The Balaban J connectivity index is 1.88. The molecule has 0 spiro atoms. The Hall–Kier alpha value is -3.03. The Morgan fingerprint density at radius 3 is 2.38 bits per heavy atom. The summed E-state index contributed by atoms with van der Waals surface area (Å²) in [4.78, 5) is 27.9. The summed E-state index contributed by atoms with van der Waals surface area (Å²) in [6.45, 7) is 2.45. The van der Waals surface area contributed by atoms with E-state index in [1.165, 1.54) is 4.90 Å². The van der Waals surface area contributed by atoms with Crippen molar-refractivity contribution in [3.63, 3.8) is 0 Å². The highest BCUT2D eigenvalue weighted by Gasteiger charge is 2.40. The van der Waals surface area contributed by atoms with Crippen LogP contribution < -0.4 is 5.32 Å². The average Bonchev–Trinajstić information content (AvgIpc) is 2.76. The van der Waals surface area contributed by atoms with Gasteiger partial charge < -0.3 is 20.1 Å². The van der Waals surface area contributed by atoms with E-state index < -0.39 is 12.2 Å². The summed E-state index contributed by atoms with van der Waals surface area (Å²) in [6.07, 6.45) is -1.49. The number of piperazine rings is 1. The number of carboxylic acid groups (broad SMARTS) is 1. The van der Waals surface area contributed by atoms with Crippen molar-refractivity contribution >= 4 is 29.5 Å². The minimum absolute atomic E-state index is 0.0366. The number of nitrogens with zero attached hydrogens (tertiary/aromatic N) is 2. The van der Waals surface area contributed by atoms with Crippen LogP contribution in [-0.2, 0) is 4.74 Å². The van der Waals surface area contributed by atoms with E-state index in [0.29, 0.717) is 31.7 Å². The van der Waals surface area contributed by atoms with E-state index in [-0.39, 0.29) is 16.9 Å². The number of ether oxygens (including phenoxy) is 1. The normalized spacial score (nSPS) is 19.0. The summed E-state index contributed by atoms with van der Waals surface area (Å²) in [5.74, 6) is -0.0366. The highest BCUT2D eigenvalue weighted by Crippen LogP contribution is 2.44. The second kappa shape index (κ2) is 8.14. The fourth-order valence-corrected chi connectivity index (χ4v) is 4.08. The minimum atomic E-state index is -1.49. The van der Waals surface area contributed by atoms with Crippen LogP contribution in [-0.4, -0.2) is 53.3 Å². The summed E-state index contributed by atoms with van der Waals surface area (Å²) < 4.78 is 5.02. The molecular weight excluding hydrogens is 394 g/mol. The lowest BCUT2D eigenvalue weighted by Gasteiger charge is -2.40. The predicted octanol–water partition coefficient (Wildman–Crippen LogP) is 3.68. The third kappa shape index (κ3) is 3.66. The molecule has 8 heteroatoms. The summed E-state index contributed by atoms with van der Waals surface area (Å²) in [5, 5.41) is 12.4. The van der Waals surface area contributed by atoms with Crippen LogP contribution in [0.2, 0.25) is 0 Å². The van der Waals surface area contributed by atoms with Crippen LogP contribution in [0.5, 0.6) is 0 Å². The molecule has 1 fully saturated rings. The zero-order valence-corrected chi connectivity index (χ0v) is 16.3. The minimum Gasteiger partial charge on any atom is -0.449 e. The first-order valence-corrected chi connectivity index (χ1v) is 9.69. The van der Waals surface area contributed by atoms with Crippen LogP contribution in [0.1, 0.15) is 22.7 Å². The van der Waals surface area contributed by atoms with Gasteiger partial charge >= 0.3 is 12.2 Å². The van der Waals surface area contributed by atoms with Gasteiger partial charge in [0.05, 0.1) is 6.04 Å². The topological polar surface area (TPSA) is 82.1 Å². The third-order valence-electron chi connectivity index (χ3n) is 5.06. The van der Waals surface area contributed by atoms with Gasteiger partial charge in [-0.3, -0.25) is 4.90 Å².